The number of carbonyl (C=O) groups excluding carboxylic acids is 1. The van der Waals surface area contributed by atoms with Gasteiger partial charge in [-0.05, 0) is 25.3 Å². The molecule has 0 saturated heterocycles. The van der Waals surface area contributed by atoms with Gasteiger partial charge in [-0.15, -0.1) is 0 Å². The van der Waals surface area contributed by atoms with E-state index in [1.807, 2.05) is 6.92 Å². The van der Waals surface area contributed by atoms with E-state index in [9.17, 15) is 4.79 Å². The van der Waals surface area contributed by atoms with E-state index >= 15 is 0 Å². The highest BCUT2D eigenvalue weighted by Gasteiger charge is 2.28. The van der Waals surface area contributed by atoms with E-state index in [4.69, 9.17) is 5.73 Å². The molecule has 1 rings (SSSR count). The van der Waals surface area contributed by atoms with Gasteiger partial charge in [0.2, 0.25) is 0 Å². The van der Waals surface area contributed by atoms with Crippen molar-refractivity contribution in [3.8, 4) is 0 Å². The van der Waals surface area contributed by atoms with Crippen LogP contribution >= 0.6 is 0 Å². The molecular formula is C10H19NO. The van der Waals surface area contributed by atoms with E-state index in [1.165, 1.54) is 12.8 Å². The van der Waals surface area contributed by atoms with Crippen molar-refractivity contribution >= 4 is 5.78 Å². The van der Waals surface area contributed by atoms with Crippen molar-refractivity contribution in [2.75, 3.05) is 6.54 Å². The van der Waals surface area contributed by atoms with Gasteiger partial charge in [-0.3, -0.25) is 4.79 Å². The Hall–Kier alpha value is -0.370. The van der Waals surface area contributed by atoms with Gasteiger partial charge in [0.1, 0.15) is 5.78 Å². The second-order valence-corrected chi connectivity index (χ2v) is 3.71. The van der Waals surface area contributed by atoms with E-state index in [0.717, 1.165) is 12.8 Å². The lowest BCUT2D eigenvalue weighted by Crippen LogP contribution is -2.31. The lowest BCUT2D eigenvalue weighted by atomic mass is 9.76. The topological polar surface area (TPSA) is 43.1 Å². The molecule has 0 aromatic rings. The molecule has 0 aromatic heterocycles. The number of hydrogen-bond donors (Lipinski definition) is 1. The fourth-order valence-corrected chi connectivity index (χ4v) is 2.18. The molecule has 1 aliphatic rings. The van der Waals surface area contributed by atoms with E-state index < -0.39 is 0 Å². The maximum atomic E-state index is 11.5. The molecule has 70 valence electrons. The van der Waals surface area contributed by atoms with Crippen molar-refractivity contribution in [1.82, 2.24) is 0 Å². The first-order chi connectivity index (χ1) is 5.79. The predicted molar refractivity (Wildman–Crippen MR) is 49.8 cm³/mol. The van der Waals surface area contributed by atoms with Gasteiger partial charge in [0.25, 0.3) is 0 Å². The second-order valence-electron chi connectivity index (χ2n) is 3.71. The molecule has 1 saturated carbocycles. The Morgan fingerprint density at radius 1 is 1.42 bits per heavy atom. The average molecular weight is 169 g/mol. The molecule has 2 unspecified atom stereocenters. The molecule has 1 aliphatic carbocycles. The zero-order valence-corrected chi connectivity index (χ0v) is 7.88. The molecule has 1 fully saturated rings. The van der Waals surface area contributed by atoms with Gasteiger partial charge in [0.15, 0.2) is 0 Å². The molecule has 0 heterocycles. The van der Waals surface area contributed by atoms with Gasteiger partial charge in [-0.2, -0.15) is 0 Å². The van der Waals surface area contributed by atoms with E-state index in [2.05, 4.69) is 0 Å². The van der Waals surface area contributed by atoms with Gasteiger partial charge >= 0.3 is 0 Å². The monoisotopic (exact) mass is 169 g/mol. The first-order valence-electron chi connectivity index (χ1n) is 5.02. The van der Waals surface area contributed by atoms with Gasteiger partial charge in [0, 0.05) is 12.3 Å². The second kappa shape index (κ2) is 4.61. The van der Waals surface area contributed by atoms with Crippen LogP contribution in [-0.2, 0) is 4.79 Å². The van der Waals surface area contributed by atoms with Gasteiger partial charge in [0.05, 0.1) is 0 Å². The molecule has 0 amide bonds. The van der Waals surface area contributed by atoms with Crippen LogP contribution in [0.15, 0.2) is 0 Å². The zero-order chi connectivity index (χ0) is 8.97. The molecule has 0 bridgehead atoms. The van der Waals surface area contributed by atoms with Crippen LogP contribution in [0.25, 0.3) is 0 Å². The third-order valence-corrected chi connectivity index (χ3v) is 2.97. The van der Waals surface area contributed by atoms with E-state index in [1.54, 1.807) is 0 Å². The van der Waals surface area contributed by atoms with Crippen LogP contribution in [-0.4, -0.2) is 12.3 Å². The number of Topliss-reactive ketones (excluding diaryl/α,β-unsaturated/α-hetero) is 1. The normalized spacial score (nSPS) is 30.2. The zero-order valence-electron chi connectivity index (χ0n) is 7.88. The minimum absolute atomic E-state index is 0.286. The molecule has 2 nitrogen and oxygen atoms in total. The van der Waals surface area contributed by atoms with Crippen LogP contribution in [0.1, 0.15) is 39.0 Å². The standard InChI is InChI=1S/C10H19NO/c1-2-10(12)9-6-4-3-5-8(9)7-11/h8-9H,2-7,11H2,1H3. The molecule has 0 radical (unpaired) electrons. The van der Waals surface area contributed by atoms with Crippen molar-refractivity contribution in [3.05, 3.63) is 0 Å². The summed E-state index contributed by atoms with van der Waals surface area (Å²) in [6.45, 7) is 2.64. The molecule has 12 heavy (non-hydrogen) atoms. The Morgan fingerprint density at radius 2 is 2.08 bits per heavy atom. The Balaban J connectivity index is 2.52. The Kier molecular flexibility index (Phi) is 3.73. The fraction of sp³-hybridized carbons (Fsp3) is 0.900. The number of ketones is 1. The Bertz CT molecular complexity index is 156. The third-order valence-electron chi connectivity index (χ3n) is 2.97. The van der Waals surface area contributed by atoms with Crippen molar-refractivity contribution in [1.29, 1.82) is 0 Å². The van der Waals surface area contributed by atoms with Crippen molar-refractivity contribution in [2.24, 2.45) is 17.6 Å². The number of carbonyl (C=O) groups is 1. The van der Waals surface area contributed by atoms with Crippen LogP contribution in [0.5, 0.6) is 0 Å². The highest BCUT2D eigenvalue weighted by atomic mass is 16.1. The summed E-state index contributed by atoms with van der Waals surface area (Å²) in [6, 6.07) is 0. The lowest BCUT2D eigenvalue weighted by Gasteiger charge is -2.29. The van der Waals surface area contributed by atoms with Crippen LogP contribution < -0.4 is 5.73 Å². The largest absolute Gasteiger partial charge is 0.330 e. The molecule has 0 aromatic carbocycles. The Labute approximate surface area is 74.5 Å². The maximum absolute atomic E-state index is 11.5. The fourth-order valence-electron chi connectivity index (χ4n) is 2.18. The lowest BCUT2D eigenvalue weighted by molar-refractivity contribution is -0.125. The molecule has 0 spiro atoms. The van der Waals surface area contributed by atoms with Gasteiger partial charge in [-0.1, -0.05) is 19.8 Å². The summed E-state index contributed by atoms with van der Waals surface area (Å²) in [5, 5.41) is 0. The molecular weight excluding hydrogens is 150 g/mol. The van der Waals surface area contributed by atoms with E-state index in [0.29, 0.717) is 24.7 Å². The number of rotatable bonds is 3. The Morgan fingerprint density at radius 3 is 2.67 bits per heavy atom. The number of hydrogen-bond acceptors (Lipinski definition) is 2. The first kappa shape index (κ1) is 9.72. The highest BCUT2D eigenvalue weighted by molar-refractivity contribution is 5.81. The summed E-state index contributed by atoms with van der Waals surface area (Å²) in [5.41, 5.74) is 5.63. The summed E-state index contributed by atoms with van der Waals surface area (Å²) in [7, 11) is 0. The van der Waals surface area contributed by atoms with E-state index in [-0.39, 0.29) is 5.92 Å². The maximum Gasteiger partial charge on any atom is 0.136 e. The van der Waals surface area contributed by atoms with Crippen LogP contribution in [0.2, 0.25) is 0 Å². The van der Waals surface area contributed by atoms with Crippen molar-refractivity contribution < 1.29 is 4.79 Å². The SMILES string of the molecule is CCC(=O)C1CCCCC1CN. The molecule has 2 N–H and O–H groups in total. The smallest absolute Gasteiger partial charge is 0.136 e. The quantitative estimate of drug-likeness (QED) is 0.699. The van der Waals surface area contributed by atoms with Crippen molar-refractivity contribution in [3.63, 3.8) is 0 Å². The summed E-state index contributed by atoms with van der Waals surface area (Å²) in [4.78, 5) is 11.5. The van der Waals surface area contributed by atoms with Crippen LogP contribution in [0.4, 0.5) is 0 Å². The summed E-state index contributed by atoms with van der Waals surface area (Å²) >= 11 is 0. The average Bonchev–Trinajstić information content (AvgIpc) is 2.16. The summed E-state index contributed by atoms with van der Waals surface area (Å²) in [5.74, 6) is 1.19. The predicted octanol–water partition coefficient (Wildman–Crippen LogP) is 1.73. The van der Waals surface area contributed by atoms with Gasteiger partial charge in [-0.25, -0.2) is 0 Å². The summed E-state index contributed by atoms with van der Waals surface area (Å²) in [6.07, 6.45) is 5.39. The minimum Gasteiger partial charge on any atom is -0.330 e. The van der Waals surface area contributed by atoms with Crippen molar-refractivity contribution in [2.45, 2.75) is 39.0 Å². The molecule has 2 heteroatoms. The number of nitrogens with two attached hydrogens (primary N) is 1. The highest BCUT2D eigenvalue weighted by Crippen LogP contribution is 2.30. The van der Waals surface area contributed by atoms with Crippen LogP contribution in [0, 0.1) is 11.8 Å². The first-order valence-corrected chi connectivity index (χ1v) is 5.02. The minimum atomic E-state index is 0.286. The molecule has 0 aliphatic heterocycles. The third kappa shape index (κ3) is 2.07. The molecule has 2 atom stereocenters. The van der Waals surface area contributed by atoms with Crippen LogP contribution in [0.3, 0.4) is 0 Å². The summed E-state index contributed by atoms with van der Waals surface area (Å²) < 4.78 is 0. The van der Waals surface area contributed by atoms with Gasteiger partial charge < -0.3 is 5.73 Å².